The summed E-state index contributed by atoms with van der Waals surface area (Å²) in [6, 6.07) is 7.05. The van der Waals surface area contributed by atoms with Crippen LogP contribution in [0.5, 0.6) is 0 Å². The molecule has 0 aliphatic carbocycles. The van der Waals surface area contributed by atoms with Crippen LogP contribution in [-0.4, -0.2) is 17.8 Å². The first-order chi connectivity index (χ1) is 6.63. The van der Waals surface area contributed by atoms with Crippen molar-refractivity contribution < 1.29 is 5.11 Å². The summed E-state index contributed by atoms with van der Waals surface area (Å²) in [5, 5.41) is 21.1. The minimum absolute atomic E-state index is 0.413. The van der Waals surface area contributed by atoms with Gasteiger partial charge in [0.15, 0.2) is 0 Å². The Kier molecular flexibility index (Phi) is 3.75. The molecule has 0 heterocycles. The van der Waals surface area contributed by atoms with E-state index >= 15 is 0 Å². The number of rotatable bonds is 3. The van der Waals surface area contributed by atoms with Gasteiger partial charge in [0.25, 0.3) is 0 Å². The van der Waals surface area contributed by atoms with Gasteiger partial charge in [-0.2, -0.15) is 5.26 Å². The van der Waals surface area contributed by atoms with E-state index < -0.39 is 6.10 Å². The number of nitrogens with one attached hydrogen (secondary N) is 1. The molecule has 74 valence electrons. The lowest BCUT2D eigenvalue weighted by Gasteiger charge is -2.08. The first-order valence-electron chi connectivity index (χ1n) is 4.25. The third-order valence-electron chi connectivity index (χ3n) is 1.69. The highest BCUT2D eigenvalue weighted by Crippen LogP contribution is 2.19. The largest absolute Gasteiger partial charge is 0.392 e. The summed E-state index contributed by atoms with van der Waals surface area (Å²) < 4.78 is 0. The number of anilines is 1. The zero-order valence-corrected chi connectivity index (χ0v) is 8.54. The number of hydrogen-bond acceptors (Lipinski definition) is 3. The highest BCUT2D eigenvalue weighted by atomic mass is 35.5. The van der Waals surface area contributed by atoms with Crippen LogP contribution in [0.25, 0.3) is 0 Å². The van der Waals surface area contributed by atoms with Crippen LogP contribution in [0.4, 0.5) is 5.69 Å². The molecule has 0 saturated carbocycles. The van der Waals surface area contributed by atoms with Crippen molar-refractivity contribution in [3.8, 4) is 6.07 Å². The Bertz CT molecular complexity index is 358. The van der Waals surface area contributed by atoms with E-state index in [0.29, 0.717) is 17.1 Å². The molecule has 0 radical (unpaired) electrons. The van der Waals surface area contributed by atoms with Crippen LogP contribution in [0.1, 0.15) is 12.5 Å². The van der Waals surface area contributed by atoms with Gasteiger partial charge in [-0.05, 0) is 25.1 Å². The zero-order chi connectivity index (χ0) is 10.6. The van der Waals surface area contributed by atoms with Crippen molar-refractivity contribution >= 4 is 17.3 Å². The van der Waals surface area contributed by atoms with E-state index in [0.717, 1.165) is 5.69 Å². The van der Waals surface area contributed by atoms with Gasteiger partial charge in [-0.3, -0.25) is 0 Å². The summed E-state index contributed by atoms with van der Waals surface area (Å²) in [5.74, 6) is 0. The minimum Gasteiger partial charge on any atom is -0.392 e. The van der Waals surface area contributed by atoms with Gasteiger partial charge in [0.2, 0.25) is 0 Å². The molecule has 1 atom stereocenters. The highest BCUT2D eigenvalue weighted by molar-refractivity contribution is 6.32. The zero-order valence-electron chi connectivity index (χ0n) is 7.79. The summed E-state index contributed by atoms with van der Waals surface area (Å²) in [6.45, 7) is 2.15. The molecule has 1 aromatic carbocycles. The predicted octanol–water partition coefficient (Wildman–Crippen LogP) is 2.00. The number of nitrogens with zero attached hydrogens (tertiary/aromatic N) is 1. The monoisotopic (exact) mass is 210 g/mol. The number of aliphatic hydroxyl groups excluding tert-OH is 1. The number of benzene rings is 1. The van der Waals surface area contributed by atoms with E-state index in [2.05, 4.69) is 5.32 Å². The van der Waals surface area contributed by atoms with E-state index in [-0.39, 0.29) is 0 Å². The summed E-state index contributed by atoms with van der Waals surface area (Å²) in [6.07, 6.45) is -0.413. The number of halogens is 1. The van der Waals surface area contributed by atoms with Crippen LogP contribution in [-0.2, 0) is 0 Å². The van der Waals surface area contributed by atoms with Crippen LogP contribution in [0.3, 0.4) is 0 Å². The van der Waals surface area contributed by atoms with Crippen molar-refractivity contribution in [1.82, 2.24) is 0 Å². The molecular weight excluding hydrogens is 200 g/mol. The van der Waals surface area contributed by atoms with E-state index in [1.807, 2.05) is 6.07 Å². The molecule has 1 aromatic rings. The maximum atomic E-state index is 9.04. The Morgan fingerprint density at radius 1 is 1.64 bits per heavy atom. The molecule has 0 bridgehead atoms. The van der Waals surface area contributed by atoms with Gasteiger partial charge < -0.3 is 10.4 Å². The van der Waals surface area contributed by atoms with Crippen molar-refractivity contribution in [2.75, 3.05) is 11.9 Å². The molecule has 0 aliphatic rings. The molecule has 0 spiro atoms. The van der Waals surface area contributed by atoms with E-state index in [9.17, 15) is 0 Å². The molecule has 3 nitrogen and oxygen atoms in total. The fraction of sp³-hybridized carbons (Fsp3) is 0.300. The Balaban J connectivity index is 2.73. The summed E-state index contributed by atoms with van der Waals surface area (Å²) in [4.78, 5) is 0. The second-order valence-electron chi connectivity index (χ2n) is 3.04. The summed E-state index contributed by atoms with van der Waals surface area (Å²) in [5.41, 5.74) is 1.25. The average molecular weight is 211 g/mol. The maximum Gasteiger partial charge on any atom is 0.101 e. The molecule has 14 heavy (non-hydrogen) atoms. The standard InChI is InChI=1S/C10H11ClN2O/c1-7(14)6-13-9-3-2-8(5-12)10(11)4-9/h2-4,7,13-14H,6H2,1H3/t7-/m0/s1. The van der Waals surface area contributed by atoms with Crippen LogP contribution in [0.15, 0.2) is 18.2 Å². The average Bonchev–Trinajstić information content (AvgIpc) is 2.15. The van der Waals surface area contributed by atoms with E-state index in [1.165, 1.54) is 0 Å². The fourth-order valence-electron chi connectivity index (χ4n) is 0.981. The minimum atomic E-state index is -0.413. The first-order valence-corrected chi connectivity index (χ1v) is 4.63. The normalized spacial score (nSPS) is 11.9. The van der Waals surface area contributed by atoms with Gasteiger partial charge in [0, 0.05) is 12.2 Å². The Morgan fingerprint density at radius 2 is 2.36 bits per heavy atom. The Hall–Kier alpha value is -1.24. The van der Waals surface area contributed by atoms with Gasteiger partial charge in [-0.25, -0.2) is 0 Å². The quantitative estimate of drug-likeness (QED) is 0.803. The van der Waals surface area contributed by atoms with Gasteiger partial charge in [0.05, 0.1) is 16.7 Å². The third-order valence-corrected chi connectivity index (χ3v) is 2.00. The second kappa shape index (κ2) is 4.85. The SMILES string of the molecule is C[C@H](O)CNc1ccc(C#N)c(Cl)c1. The molecule has 0 amide bonds. The van der Waals surface area contributed by atoms with Crippen molar-refractivity contribution in [3.63, 3.8) is 0 Å². The molecule has 0 saturated heterocycles. The van der Waals surface area contributed by atoms with Gasteiger partial charge in [-0.15, -0.1) is 0 Å². The summed E-state index contributed by atoms with van der Waals surface area (Å²) >= 11 is 5.82. The van der Waals surface area contributed by atoms with Gasteiger partial charge >= 0.3 is 0 Å². The van der Waals surface area contributed by atoms with Crippen molar-refractivity contribution in [3.05, 3.63) is 28.8 Å². The summed E-state index contributed by atoms with van der Waals surface area (Å²) in [7, 11) is 0. The predicted molar refractivity (Wildman–Crippen MR) is 56.3 cm³/mol. The van der Waals surface area contributed by atoms with Crippen LogP contribution < -0.4 is 5.32 Å². The molecular formula is C10H11ClN2O. The lowest BCUT2D eigenvalue weighted by Crippen LogP contribution is -2.15. The highest BCUT2D eigenvalue weighted by Gasteiger charge is 2.01. The van der Waals surface area contributed by atoms with E-state index in [1.54, 1.807) is 25.1 Å². The molecule has 2 N–H and O–H groups in total. The third kappa shape index (κ3) is 2.91. The molecule has 0 aromatic heterocycles. The van der Waals surface area contributed by atoms with Crippen LogP contribution in [0, 0.1) is 11.3 Å². The number of aliphatic hydroxyl groups is 1. The Labute approximate surface area is 87.9 Å². The van der Waals surface area contributed by atoms with Gasteiger partial charge in [0.1, 0.15) is 6.07 Å². The molecule has 4 heteroatoms. The van der Waals surface area contributed by atoms with Gasteiger partial charge in [-0.1, -0.05) is 11.6 Å². The molecule has 0 unspecified atom stereocenters. The van der Waals surface area contributed by atoms with Crippen LogP contribution in [0.2, 0.25) is 5.02 Å². The smallest absolute Gasteiger partial charge is 0.101 e. The lowest BCUT2D eigenvalue weighted by molar-refractivity contribution is 0.208. The van der Waals surface area contributed by atoms with E-state index in [4.69, 9.17) is 22.0 Å². The van der Waals surface area contributed by atoms with Crippen molar-refractivity contribution in [2.45, 2.75) is 13.0 Å². The maximum absolute atomic E-state index is 9.04. The van der Waals surface area contributed by atoms with Crippen LogP contribution >= 0.6 is 11.6 Å². The number of hydrogen-bond donors (Lipinski definition) is 2. The second-order valence-corrected chi connectivity index (χ2v) is 3.44. The number of nitriles is 1. The lowest BCUT2D eigenvalue weighted by atomic mass is 10.2. The fourth-order valence-corrected chi connectivity index (χ4v) is 1.20. The molecule has 0 fully saturated rings. The molecule has 1 rings (SSSR count). The Morgan fingerprint density at radius 3 is 2.86 bits per heavy atom. The topological polar surface area (TPSA) is 56.0 Å². The molecule has 0 aliphatic heterocycles. The van der Waals surface area contributed by atoms with Crippen molar-refractivity contribution in [2.24, 2.45) is 0 Å². The van der Waals surface area contributed by atoms with Crippen molar-refractivity contribution in [1.29, 1.82) is 5.26 Å². The first kappa shape index (κ1) is 10.8.